The molecule has 4 heteroatoms. The number of amides is 1. The van der Waals surface area contributed by atoms with Gasteiger partial charge < -0.3 is 10.2 Å². The molecule has 0 saturated carbocycles. The topological polar surface area (TPSA) is 32.3 Å². The number of hydrogen-bond donors (Lipinski definition) is 1. The summed E-state index contributed by atoms with van der Waals surface area (Å²) in [6.45, 7) is 4.39. The van der Waals surface area contributed by atoms with E-state index >= 15 is 0 Å². The van der Waals surface area contributed by atoms with Gasteiger partial charge in [-0.1, -0.05) is 0 Å². The van der Waals surface area contributed by atoms with E-state index in [9.17, 15) is 9.18 Å². The van der Waals surface area contributed by atoms with Crippen LogP contribution in [0.15, 0.2) is 24.3 Å². The van der Waals surface area contributed by atoms with Crippen molar-refractivity contribution in [1.29, 1.82) is 0 Å². The van der Waals surface area contributed by atoms with Crippen LogP contribution in [0, 0.1) is 5.82 Å². The fourth-order valence-electron chi connectivity index (χ4n) is 1.99. The minimum absolute atomic E-state index is 0.0131. The Morgan fingerprint density at radius 3 is 2.76 bits per heavy atom. The highest BCUT2D eigenvalue weighted by Gasteiger charge is 2.19. The van der Waals surface area contributed by atoms with Gasteiger partial charge in [0.15, 0.2) is 0 Å². The molecule has 1 aromatic carbocycles. The van der Waals surface area contributed by atoms with Crippen molar-refractivity contribution in [1.82, 2.24) is 10.2 Å². The van der Waals surface area contributed by atoms with Crippen molar-refractivity contribution in [3.05, 3.63) is 35.6 Å². The van der Waals surface area contributed by atoms with Crippen LogP contribution >= 0.6 is 0 Å². The molecule has 17 heavy (non-hydrogen) atoms. The molecule has 1 fully saturated rings. The Hall–Kier alpha value is -1.42. The molecule has 1 aliphatic heterocycles. The number of hydrogen-bond acceptors (Lipinski definition) is 2. The van der Waals surface area contributed by atoms with E-state index in [1.54, 1.807) is 12.1 Å². The highest BCUT2D eigenvalue weighted by atomic mass is 19.1. The van der Waals surface area contributed by atoms with Crippen LogP contribution in [-0.2, 0) is 0 Å². The lowest BCUT2D eigenvalue weighted by atomic mass is 10.2. The predicted molar refractivity (Wildman–Crippen MR) is 64.4 cm³/mol. The van der Waals surface area contributed by atoms with Gasteiger partial charge in [-0.05, 0) is 37.6 Å². The first-order valence-electron chi connectivity index (χ1n) is 5.95. The monoisotopic (exact) mass is 236 g/mol. The van der Waals surface area contributed by atoms with Gasteiger partial charge in [-0.3, -0.25) is 4.79 Å². The molecular weight excluding hydrogens is 219 g/mol. The van der Waals surface area contributed by atoms with Crippen molar-refractivity contribution in [2.45, 2.75) is 19.4 Å². The fourth-order valence-corrected chi connectivity index (χ4v) is 1.99. The maximum atomic E-state index is 12.8. The van der Waals surface area contributed by atoms with Gasteiger partial charge in [0.25, 0.3) is 5.91 Å². The van der Waals surface area contributed by atoms with Gasteiger partial charge in [-0.25, -0.2) is 4.39 Å². The second-order valence-corrected chi connectivity index (χ2v) is 4.44. The van der Waals surface area contributed by atoms with Crippen molar-refractivity contribution in [2.75, 3.05) is 19.6 Å². The van der Waals surface area contributed by atoms with E-state index in [4.69, 9.17) is 0 Å². The van der Waals surface area contributed by atoms with Gasteiger partial charge in [0.2, 0.25) is 0 Å². The highest BCUT2D eigenvalue weighted by Crippen LogP contribution is 2.09. The number of nitrogens with zero attached hydrogens (tertiary/aromatic N) is 1. The van der Waals surface area contributed by atoms with E-state index in [1.807, 2.05) is 4.90 Å². The SMILES string of the molecule is CC1CCN(C(=O)c2ccc(F)cc2)CCN1. The Kier molecular flexibility index (Phi) is 3.74. The number of benzene rings is 1. The van der Waals surface area contributed by atoms with E-state index in [-0.39, 0.29) is 11.7 Å². The summed E-state index contributed by atoms with van der Waals surface area (Å²) in [6.07, 6.45) is 0.951. The van der Waals surface area contributed by atoms with E-state index in [0.717, 1.165) is 19.5 Å². The average molecular weight is 236 g/mol. The zero-order valence-electron chi connectivity index (χ0n) is 9.95. The molecular formula is C13H17FN2O. The van der Waals surface area contributed by atoms with Crippen molar-refractivity contribution in [3.8, 4) is 0 Å². The summed E-state index contributed by atoms with van der Waals surface area (Å²) < 4.78 is 12.8. The van der Waals surface area contributed by atoms with E-state index < -0.39 is 0 Å². The summed E-state index contributed by atoms with van der Waals surface area (Å²) in [5.41, 5.74) is 0.556. The van der Waals surface area contributed by atoms with E-state index in [0.29, 0.717) is 18.2 Å². The lowest BCUT2D eigenvalue weighted by Crippen LogP contribution is -2.34. The van der Waals surface area contributed by atoms with Crippen LogP contribution in [-0.4, -0.2) is 36.5 Å². The molecule has 0 aliphatic carbocycles. The third-order valence-corrected chi connectivity index (χ3v) is 3.08. The van der Waals surface area contributed by atoms with Crippen molar-refractivity contribution < 1.29 is 9.18 Å². The summed E-state index contributed by atoms with van der Waals surface area (Å²) in [5, 5.41) is 3.34. The first-order chi connectivity index (χ1) is 8.16. The zero-order chi connectivity index (χ0) is 12.3. The maximum absolute atomic E-state index is 12.8. The second-order valence-electron chi connectivity index (χ2n) is 4.44. The van der Waals surface area contributed by atoms with Crippen LogP contribution < -0.4 is 5.32 Å². The molecule has 1 N–H and O–H groups in total. The number of halogens is 1. The van der Waals surface area contributed by atoms with Crippen LogP contribution in [0.4, 0.5) is 4.39 Å². The Morgan fingerprint density at radius 1 is 1.35 bits per heavy atom. The molecule has 0 aromatic heterocycles. The minimum atomic E-state index is -0.312. The van der Waals surface area contributed by atoms with Crippen molar-refractivity contribution in [3.63, 3.8) is 0 Å². The van der Waals surface area contributed by atoms with Gasteiger partial charge in [-0.2, -0.15) is 0 Å². The summed E-state index contributed by atoms with van der Waals surface area (Å²) >= 11 is 0. The summed E-state index contributed by atoms with van der Waals surface area (Å²) in [5.74, 6) is -0.325. The molecule has 2 rings (SSSR count). The van der Waals surface area contributed by atoms with Crippen molar-refractivity contribution in [2.24, 2.45) is 0 Å². The molecule has 0 radical (unpaired) electrons. The molecule has 92 valence electrons. The number of nitrogens with one attached hydrogen (secondary N) is 1. The smallest absolute Gasteiger partial charge is 0.253 e. The quantitative estimate of drug-likeness (QED) is 0.804. The maximum Gasteiger partial charge on any atom is 0.253 e. The third-order valence-electron chi connectivity index (χ3n) is 3.08. The summed E-state index contributed by atoms with van der Waals surface area (Å²) in [6, 6.07) is 6.18. The average Bonchev–Trinajstić information content (AvgIpc) is 2.54. The molecule has 1 aliphatic rings. The van der Waals surface area contributed by atoms with E-state index in [1.165, 1.54) is 12.1 Å². The molecule has 1 aromatic rings. The van der Waals surface area contributed by atoms with Gasteiger partial charge in [-0.15, -0.1) is 0 Å². The number of carbonyl (C=O) groups is 1. The van der Waals surface area contributed by atoms with Crippen LogP contribution in [0.2, 0.25) is 0 Å². The predicted octanol–water partition coefficient (Wildman–Crippen LogP) is 1.65. The number of carbonyl (C=O) groups excluding carboxylic acids is 1. The Morgan fingerprint density at radius 2 is 2.06 bits per heavy atom. The summed E-state index contributed by atoms with van der Waals surface area (Å²) in [4.78, 5) is 14.0. The first-order valence-corrected chi connectivity index (χ1v) is 5.95. The fraction of sp³-hybridized carbons (Fsp3) is 0.462. The van der Waals surface area contributed by atoms with Gasteiger partial charge in [0.1, 0.15) is 5.82 Å². The van der Waals surface area contributed by atoms with Crippen LogP contribution in [0.25, 0.3) is 0 Å². The zero-order valence-corrected chi connectivity index (χ0v) is 9.95. The minimum Gasteiger partial charge on any atom is -0.337 e. The van der Waals surface area contributed by atoms with E-state index in [2.05, 4.69) is 12.2 Å². The Balaban J connectivity index is 2.06. The number of rotatable bonds is 1. The Labute approximate surface area is 101 Å². The molecule has 1 amide bonds. The van der Waals surface area contributed by atoms with Crippen LogP contribution in [0.5, 0.6) is 0 Å². The largest absolute Gasteiger partial charge is 0.337 e. The molecule has 1 atom stereocenters. The molecule has 3 nitrogen and oxygen atoms in total. The lowest BCUT2D eigenvalue weighted by Gasteiger charge is -2.20. The lowest BCUT2D eigenvalue weighted by molar-refractivity contribution is 0.0765. The van der Waals surface area contributed by atoms with Crippen LogP contribution in [0.1, 0.15) is 23.7 Å². The Bertz CT molecular complexity index is 391. The third kappa shape index (κ3) is 3.03. The molecule has 1 unspecified atom stereocenters. The first kappa shape index (κ1) is 12.0. The highest BCUT2D eigenvalue weighted by molar-refractivity contribution is 5.94. The molecule has 0 bridgehead atoms. The van der Waals surface area contributed by atoms with Gasteiger partial charge in [0, 0.05) is 31.2 Å². The molecule has 1 saturated heterocycles. The van der Waals surface area contributed by atoms with Gasteiger partial charge >= 0.3 is 0 Å². The second kappa shape index (κ2) is 5.27. The molecule has 1 heterocycles. The summed E-state index contributed by atoms with van der Waals surface area (Å²) in [7, 11) is 0. The normalized spacial score (nSPS) is 21.1. The van der Waals surface area contributed by atoms with Crippen LogP contribution in [0.3, 0.4) is 0 Å². The standard InChI is InChI=1S/C13H17FN2O/c1-10-6-8-16(9-7-15-10)13(17)11-2-4-12(14)5-3-11/h2-5,10,15H,6-9H2,1H3. The van der Waals surface area contributed by atoms with Crippen molar-refractivity contribution >= 4 is 5.91 Å². The van der Waals surface area contributed by atoms with Gasteiger partial charge in [0.05, 0.1) is 0 Å². The molecule has 0 spiro atoms.